The third-order valence-electron chi connectivity index (χ3n) is 3.04. The Kier molecular flexibility index (Phi) is 4.42. The highest BCUT2D eigenvalue weighted by Gasteiger charge is 2.34. The first kappa shape index (κ1) is 13.9. The minimum Gasteiger partial charge on any atom is -0.474 e. The van der Waals surface area contributed by atoms with Crippen molar-refractivity contribution in [2.24, 2.45) is 5.41 Å². The van der Waals surface area contributed by atoms with Crippen molar-refractivity contribution in [1.82, 2.24) is 9.97 Å². The van der Waals surface area contributed by atoms with Crippen LogP contribution >= 0.6 is 0 Å². The van der Waals surface area contributed by atoms with E-state index in [9.17, 15) is 0 Å². The van der Waals surface area contributed by atoms with E-state index in [0.717, 1.165) is 32.6 Å². The average molecular weight is 266 g/mol. The molecule has 0 spiro atoms. The van der Waals surface area contributed by atoms with Crippen molar-refractivity contribution in [3.8, 4) is 5.88 Å². The van der Waals surface area contributed by atoms with E-state index in [0.29, 0.717) is 24.1 Å². The Bertz CT molecular complexity index is 421. The second-order valence-corrected chi connectivity index (χ2v) is 5.32. The molecule has 1 aliphatic heterocycles. The number of hydrogen-bond acceptors (Lipinski definition) is 6. The standard InChI is InChI=1S/C13H22N4O2/c1-3-4-5-15-11-12(16-6-10(14)17-11)19-9-13(2)7-18-8-13/h6H,3-5,7-9H2,1-2H3,(H3,14,15,17). The molecule has 1 aromatic heterocycles. The molecule has 1 fully saturated rings. The quantitative estimate of drug-likeness (QED) is 0.731. The van der Waals surface area contributed by atoms with Crippen LogP contribution in [0, 0.1) is 5.41 Å². The number of anilines is 2. The zero-order valence-electron chi connectivity index (χ0n) is 11.6. The fourth-order valence-electron chi connectivity index (χ4n) is 1.77. The van der Waals surface area contributed by atoms with E-state index < -0.39 is 0 Å². The SMILES string of the molecule is CCCCNc1nc(N)cnc1OCC1(C)COC1. The van der Waals surface area contributed by atoms with Gasteiger partial charge in [0, 0.05) is 12.0 Å². The highest BCUT2D eigenvalue weighted by molar-refractivity contribution is 5.49. The topological polar surface area (TPSA) is 82.3 Å². The van der Waals surface area contributed by atoms with Crippen molar-refractivity contribution >= 4 is 11.6 Å². The summed E-state index contributed by atoms with van der Waals surface area (Å²) in [6.07, 6.45) is 3.70. The first-order chi connectivity index (χ1) is 9.13. The summed E-state index contributed by atoms with van der Waals surface area (Å²) in [5.74, 6) is 1.53. The number of nitrogens with zero attached hydrogens (tertiary/aromatic N) is 2. The summed E-state index contributed by atoms with van der Waals surface area (Å²) < 4.78 is 11.0. The monoisotopic (exact) mass is 266 g/mol. The van der Waals surface area contributed by atoms with Gasteiger partial charge in [-0.2, -0.15) is 0 Å². The molecular formula is C13H22N4O2. The van der Waals surface area contributed by atoms with E-state index in [4.69, 9.17) is 15.2 Å². The molecule has 6 heteroatoms. The van der Waals surface area contributed by atoms with Gasteiger partial charge in [0.05, 0.1) is 26.0 Å². The molecule has 3 N–H and O–H groups in total. The van der Waals surface area contributed by atoms with Gasteiger partial charge in [0.15, 0.2) is 5.82 Å². The molecule has 6 nitrogen and oxygen atoms in total. The molecular weight excluding hydrogens is 244 g/mol. The number of nitrogen functional groups attached to an aromatic ring is 1. The van der Waals surface area contributed by atoms with Crippen LogP contribution in [0.3, 0.4) is 0 Å². The fourth-order valence-corrected chi connectivity index (χ4v) is 1.77. The van der Waals surface area contributed by atoms with Gasteiger partial charge in [-0.3, -0.25) is 0 Å². The van der Waals surface area contributed by atoms with Crippen LogP contribution in [0.5, 0.6) is 5.88 Å². The van der Waals surface area contributed by atoms with Crippen LogP contribution in [0.25, 0.3) is 0 Å². The lowest BCUT2D eigenvalue weighted by Crippen LogP contribution is -2.44. The second-order valence-electron chi connectivity index (χ2n) is 5.32. The van der Waals surface area contributed by atoms with E-state index >= 15 is 0 Å². The smallest absolute Gasteiger partial charge is 0.257 e. The predicted octanol–water partition coefficient (Wildman–Crippen LogP) is 1.69. The number of ether oxygens (including phenoxy) is 2. The van der Waals surface area contributed by atoms with Crippen molar-refractivity contribution in [3.05, 3.63) is 6.20 Å². The average Bonchev–Trinajstić information content (AvgIpc) is 2.36. The molecule has 0 unspecified atom stereocenters. The Morgan fingerprint density at radius 1 is 1.53 bits per heavy atom. The molecule has 0 bridgehead atoms. The van der Waals surface area contributed by atoms with Gasteiger partial charge in [-0.25, -0.2) is 9.97 Å². The van der Waals surface area contributed by atoms with Crippen LogP contribution in [0.2, 0.25) is 0 Å². The zero-order chi connectivity index (χ0) is 13.7. The van der Waals surface area contributed by atoms with Crippen LogP contribution in [-0.4, -0.2) is 36.3 Å². The number of nitrogens with one attached hydrogen (secondary N) is 1. The molecule has 0 atom stereocenters. The summed E-state index contributed by atoms with van der Waals surface area (Å²) in [7, 11) is 0. The van der Waals surface area contributed by atoms with E-state index in [2.05, 4.69) is 29.1 Å². The molecule has 2 rings (SSSR count). The summed E-state index contributed by atoms with van der Waals surface area (Å²) >= 11 is 0. The van der Waals surface area contributed by atoms with Gasteiger partial charge in [0.2, 0.25) is 0 Å². The zero-order valence-corrected chi connectivity index (χ0v) is 11.6. The van der Waals surface area contributed by atoms with Gasteiger partial charge in [-0.1, -0.05) is 20.3 Å². The lowest BCUT2D eigenvalue weighted by atomic mass is 9.90. The minimum absolute atomic E-state index is 0.0871. The van der Waals surface area contributed by atoms with E-state index in [-0.39, 0.29) is 5.41 Å². The van der Waals surface area contributed by atoms with Crippen LogP contribution in [-0.2, 0) is 4.74 Å². The number of aromatic nitrogens is 2. The number of unbranched alkanes of at least 4 members (excludes halogenated alkanes) is 1. The summed E-state index contributed by atoms with van der Waals surface area (Å²) in [6, 6.07) is 0. The number of nitrogens with two attached hydrogens (primary N) is 1. The maximum Gasteiger partial charge on any atom is 0.257 e. The molecule has 1 aliphatic rings. The summed E-state index contributed by atoms with van der Waals surface area (Å²) in [5.41, 5.74) is 5.75. The highest BCUT2D eigenvalue weighted by Crippen LogP contribution is 2.29. The largest absolute Gasteiger partial charge is 0.474 e. The molecule has 1 aromatic rings. The van der Waals surface area contributed by atoms with Gasteiger partial charge < -0.3 is 20.5 Å². The highest BCUT2D eigenvalue weighted by atomic mass is 16.5. The predicted molar refractivity (Wildman–Crippen MR) is 74.3 cm³/mol. The van der Waals surface area contributed by atoms with E-state index in [1.807, 2.05) is 0 Å². The molecule has 106 valence electrons. The minimum atomic E-state index is 0.0871. The van der Waals surface area contributed by atoms with Gasteiger partial charge >= 0.3 is 0 Å². The number of hydrogen-bond donors (Lipinski definition) is 2. The fraction of sp³-hybridized carbons (Fsp3) is 0.692. The maximum atomic E-state index is 5.76. The maximum absolute atomic E-state index is 5.76. The van der Waals surface area contributed by atoms with Crippen molar-refractivity contribution in [2.75, 3.05) is 37.4 Å². The summed E-state index contributed by atoms with van der Waals surface area (Å²) in [6.45, 7) is 7.15. The van der Waals surface area contributed by atoms with Gasteiger partial charge in [0.25, 0.3) is 5.88 Å². The summed E-state index contributed by atoms with van der Waals surface area (Å²) in [4.78, 5) is 8.44. The molecule has 19 heavy (non-hydrogen) atoms. The van der Waals surface area contributed by atoms with Gasteiger partial charge in [0.1, 0.15) is 5.82 Å². The lowest BCUT2D eigenvalue weighted by molar-refractivity contribution is -0.120. The van der Waals surface area contributed by atoms with Crippen molar-refractivity contribution in [3.63, 3.8) is 0 Å². The molecule has 0 radical (unpaired) electrons. The third-order valence-corrected chi connectivity index (χ3v) is 3.04. The van der Waals surface area contributed by atoms with Crippen LogP contribution in [0.4, 0.5) is 11.6 Å². The Labute approximate surface area is 113 Å². The van der Waals surface area contributed by atoms with Crippen LogP contribution in [0.15, 0.2) is 6.20 Å². The molecule has 2 heterocycles. The molecule has 1 saturated heterocycles. The van der Waals surface area contributed by atoms with Gasteiger partial charge in [-0.15, -0.1) is 0 Å². The molecule has 0 amide bonds. The van der Waals surface area contributed by atoms with Crippen LogP contribution in [0.1, 0.15) is 26.7 Å². The first-order valence-corrected chi connectivity index (χ1v) is 6.70. The normalized spacial score (nSPS) is 16.7. The Balaban J connectivity index is 1.97. The van der Waals surface area contributed by atoms with Crippen LogP contribution < -0.4 is 15.8 Å². The van der Waals surface area contributed by atoms with Crippen molar-refractivity contribution in [1.29, 1.82) is 0 Å². The Morgan fingerprint density at radius 3 is 2.95 bits per heavy atom. The van der Waals surface area contributed by atoms with Crippen molar-refractivity contribution < 1.29 is 9.47 Å². The van der Waals surface area contributed by atoms with Crippen molar-refractivity contribution in [2.45, 2.75) is 26.7 Å². The first-order valence-electron chi connectivity index (χ1n) is 6.70. The molecule has 0 saturated carbocycles. The van der Waals surface area contributed by atoms with E-state index in [1.165, 1.54) is 6.20 Å². The third kappa shape index (κ3) is 3.70. The Hall–Kier alpha value is -1.56. The van der Waals surface area contributed by atoms with Gasteiger partial charge in [-0.05, 0) is 6.42 Å². The lowest BCUT2D eigenvalue weighted by Gasteiger charge is -2.37. The second kappa shape index (κ2) is 6.06. The van der Waals surface area contributed by atoms with E-state index in [1.54, 1.807) is 0 Å². The summed E-state index contributed by atoms with van der Waals surface area (Å²) in [5, 5.41) is 3.22. The molecule has 0 aromatic carbocycles. The number of rotatable bonds is 7. The Morgan fingerprint density at radius 2 is 2.32 bits per heavy atom. The molecule has 0 aliphatic carbocycles.